The number of non-ortho nitro benzene ring substituents is 1. The van der Waals surface area contributed by atoms with Crippen LogP contribution in [-0.4, -0.2) is 30.1 Å². The van der Waals surface area contributed by atoms with Gasteiger partial charge in [0.2, 0.25) is 0 Å². The molecule has 0 bridgehead atoms. The lowest BCUT2D eigenvalue weighted by Crippen LogP contribution is -2.06. The van der Waals surface area contributed by atoms with Gasteiger partial charge in [-0.25, -0.2) is 9.78 Å². The van der Waals surface area contributed by atoms with E-state index < -0.39 is 10.9 Å². The Morgan fingerprint density at radius 2 is 1.88 bits per heavy atom. The second kappa shape index (κ2) is 7.90. The molecule has 3 aromatic carbocycles. The van der Waals surface area contributed by atoms with Gasteiger partial charge in [-0.3, -0.25) is 10.1 Å². The number of carboxylic acid groups (broad SMARTS) is 1. The third-order valence-corrected chi connectivity index (χ3v) is 5.88. The number of nitro groups is 1. The summed E-state index contributed by atoms with van der Waals surface area (Å²) in [6, 6.07) is 19.6. The normalized spacial score (nSPS) is 11.3. The third-order valence-electron chi connectivity index (χ3n) is 5.88. The zero-order chi connectivity index (χ0) is 23.1. The summed E-state index contributed by atoms with van der Waals surface area (Å²) >= 11 is 0. The van der Waals surface area contributed by atoms with Crippen LogP contribution >= 0.6 is 0 Å². The summed E-state index contributed by atoms with van der Waals surface area (Å²) in [5, 5.41) is 21.8. The fraction of sp³-hybridized carbons (Fsp3) is 0.120. The first-order valence-corrected chi connectivity index (χ1v) is 10.5. The number of aryl methyl sites for hydroxylation is 1. The lowest BCUT2D eigenvalue weighted by Gasteiger charge is -2.12. The van der Waals surface area contributed by atoms with E-state index in [1.165, 1.54) is 12.1 Å². The van der Waals surface area contributed by atoms with Crippen molar-refractivity contribution in [3.05, 3.63) is 100.0 Å². The SMILES string of the molecule is CCc1nc2cc([N+](=O)[O-])ccc2n1Cc1cccc2c1ccn2-c1ccccc1C(=O)O. The Morgan fingerprint density at radius 1 is 1.06 bits per heavy atom. The van der Waals surface area contributed by atoms with E-state index in [0.29, 0.717) is 24.2 Å². The van der Waals surface area contributed by atoms with Crippen LogP contribution in [0.25, 0.3) is 27.6 Å². The standard InChI is InChI=1S/C25H20N4O4/c1-2-24-26-20-14-17(29(32)33)10-11-23(20)28(24)15-16-6-5-9-21-18(16)12-13-27(21)22-8-4-3-7-19(22)25(30)31/h3-14H,2,15H2,1H3,(H,30,31). The summed E-state index contributed by atoms with van der Waals surface area (Å²) in [7, 11) is 0. The molecule has 0 atom stereocenters. The van der Waals surface area contributed by atoms with Crippen LogP contribution in [-0.2, 0) is 13.0 Å². The zero-order valence-corrected chi connectivity index (χ0v) is 17.8. The van der Waals surface area contributed by atoms with E-state index in [-0.39, 0.29) is 11.3 Å². The molecule has 0 aliphatic rings. The number of nitrogens with zero attached hydrogens (tertiary/aromatic N) is 4. The van der Waals surface area contributed by atoms with Gasteiger partial charge in [0.1, 0.15) is 5.82 Å². The number of carboxylic acids is 1. The van der Waals surface area contributed by atoms with E-state index in [9.17, 15) is 20.0 Å². The average molecular weight is 440 g/mol. The molecule has 2 heterocycles. The van der Waals surface area contributed by atoms with Gasteiger partial charge in [0, 0.05) is 30.1 Å². The van der Waals surface area contributed by atoms with E-state index in [0.717, 1.165) is 27.8 Å². The number of para-hydroxylation sites is 1. The summed E-state index contributed by atoms with van der Waals surface area (Å²) in [5.41, 5.74) is 4.24. The fourth-order valence-electron chi connectivity index (χ4n) is 4.34. The highest BCUT2D eigenvalue weighted by molar-refractivity contribution is 5.94. The number of hydrogen-bond acceptors (Lipinski definition) is 4. The average Bonchev–Trinajstić information content (AvgIpc) is 3.40. The van der Waals surface area contributed by atoms with Gasteiger partial charge in [0.25, 0.3) is 5.69 Å². The van der Waals surface area contributed by atoms with Crippen LogP contribution < -0.4 is 0 Å². The van der Waals surface area contributed by atoms with Crippen LogP contribution in [0, 0.1) is 10.1 Å². The van der Waals surface area contributed by atoms with Crippen LogP contribution in [0.1, 0.15) is 28.7 Å². The molecule has 0 amide bonds. The van der Waals surface area contributed by atoms with E-state index in [1.807, 2.05) is 48.0 Å². The second-order valence-electron chi connectivity index (χ2n) is 7.76. The Labute approximate surface area is 188 Å². The van der Waals surface area contributed by atoms with E-state index in [4.69, 9.17) is 0 Å². The van der Waals surface area contributed by atoms with Crippen molar-refractivity contribution >= 4 is 33.6 Å². The number of rotatable bonds is 6. The summed E-state index contributed by atoms with van der Waals surface area (Å²) < 4.78 is 3.97. The summed E-state index contributed by atoms with van der Waals surface area (Å²) in [6.07, 6.45) is 2.57. The number of imidazole rings is 1. The molecule has 0 aliphatic heterocycles. The van der Waals surface area contributed by atoms with Crippen molar-refractivity contribution in [2.24, 2.45) is 0 Å². The first-order chi connectivity index (χ1) is 16.0. The molecule has 1 N–H and O–H groups in total. The lowest BCUT2D eigenvalue weighted by molar-refractivity contribution is -0.384. The van der Waals surface area contributed by atoms with Crippen LogP contribution in [0.5, 0.6) is 0 Å². The molecule has 0 radical (unpaired) electrons. The van der Waals surface area contributed by atoms with Crippen molar-refractivity contribution in [1.82, 2.24) is 14.1 Å². The number of benzene rings is 3. The van der Waals surface area contributed by atoms with Gasteiger partial charge in [-0.1, -0.05) is 31.2 Å². The van der Waals surface area contributed by atoms with E-state index in [1.54, 1.807) is 24.3 Å². The largest absolute Gasteiger partial charge is 0.478 e. The highest BCUT2D eigenvalue weighted by Gasteiger charge is 2.17. The molecule has 5 rings (SSSR count). The minimum Gasteiger partial charge on any atom is -0.478 e. The third kappa shape index (κ3) is 3.41. The minimum absolute atomic E-state index is 0.0195. The summed E-state index contributed by atoms with van der Waals surface area (Å²) in [4.78, 5) is 27.1. The zero-order valence-electron chi connectivity index (χ0n) is 17.8. The maximum Gasteiger partial charge on any atom is 0.337 e. The van der Waals surface area contributed by atoms with E-state index >= 15 is 0 Å². The van der Waals surface area contributed by atoms with Gasteiger partial charge >= 0.3 is 5.97 Å². The Balaban J connectivity index is 1.63. The highest BCUT2D eigenvalue weighted by Crippen LogP contribution is 2.28. The highest BCUT2D eigenvalue weighted by atomic mass is 16.6. The van der Waals surface area contributed by atoms with Crippen LogP contribution in [0.3, 0.4) is 0 Å². The van der Waals surface area contributed by atoms with Crippen molar-refractivity contribution in [2.75, 3.05) is 0 Å². The Morgan fingerprint density at radius 3 is 2.64 bits per heavy atom. The first-order valence-electron chi connectivity index (χ1n) is 10.5. The molecule has 0 fully saturated rings. The molecule has 0 saturated carbocycles. The maximum absolute atomic E-state index is 11.7. The van der Waals surface area contributed by atoms with Crippen molar-refractivity contribution in [2.45, 2.75) is 19.9 Å². The number of aromatic carboxylic acids is 1. The molecule has 0 saturated heterocycles. The van der Waals surface area contributed by atoms with Gasteiger partial charge in [-0.2, -0.15) is 0 Å². The monoisotopic (exact) mass is 440 g/mol. The molecule has 0 aliphatic carbocycles. The van der Waals surface area contributed by atoms with Crippen molar-refractivity contribution < 1.29 is 14.8 Å². The van der Waals surface area contributed by atoms with Gasteiger partial charge < -0.3 is 14.2 Å². The van der Waals surface area contributed by atoms with Crippen LogP contribution in [0.2, 0.25) is 0 Å². The smallest absolute Gasteiger partial charge is 0.337 e. The molecule has 8 heteroatoms. The number of nitro benzene ring substituents is 1. The van der Waals surface area contributed by atoms with Crippen molar-refractivity contribution in [1.29, 1.82) is 0 Å². The number of aromatic nitrogens is 3. The van der Waals surface area contributed by atoms with Crippen molar-refractivity contribution in [3.8, 4) is 5.69 Å². The quantitative estimate of drug-likeness (QED) is 0.289. The minimum atomic E-state index is -0.977. The van der Waals surface area contributed by atoms with Gasteiger partial charge in [0.05, 0.1) is 39.3 Å². The number of carbonyl (C=O) groups is 1. The Hall–Kier alpha value is -4.46. The van der Waals surface area contributed by atoms with Crippen molar-refractivity contribution in [3.63, 3.8) is 0 Å². The first kappa shape index (κ1) is 20.4. The van der Waals surface area contributed by atoms with Crippen LogP contribution in [0.4, 0.5) is 5.69 Å². The molecule has 5 aromatic rings. The summed E-state index contributed by atoms with van der Waals surface area (Å²) in [5.74, 6) is -0.131. The Kier molecular flexibility index (Phi) is 4.90. The lowest BCUT2D eigenvalue weighted by atomic mass is 10.1. The van der Waals surface area contributed by atoms with Crippen LogP contribution in [0.15, 0.2) is 72.9 Å². The number of fused-ring (bicyclic) bond motifs is 2. The maximum atomic E-state index is 11.7. The molecular weight excluding hydrogens is 420 g/mol. The molecule has 2 aromatic heterocycles. The van der Waals surface area contributed by atoms with E-state index in [2.05, 4.69) is 9.55 Å². The molecule has 0 unspecified atom stereocenters. The predicted octanol–water partition coefficient (Wildman–Crippen LogP) is 5.20. The molecule has 0 spiro atoms. The molecular formula is C25H20N4O4. The topological polar surface area (TPSA) is 103 Å². The van der Waals surface area contributed by atoms with Gasteiger partial charge in [0.15, 0.2) is 0 Å². The molecule has 8 nitrogen and oxygen atoms in total. The van der Waals surface area contributed by atoms with Gasteiger partial charge in [-0.15, -0.1) is 0 Å². The summed E-state index contributed by atoms with van der Waals surface area (Å²) in [6.45, 7) is 2.55. The Bertz CT molecular complexity index is 1550. The number of hydrogen-bond donors (Lipinski definition) is 1. The fourth-order valence-corrected chi connectivity index (χ4v) is 4.34. The molecule has 164 valence electrons. The predicted molar refractivity (Wildman–Crippen MR) is 125 cm³/mol. The van der Waals surface area contributed by atoms with Gasteiger partial charge in [-0.05, 0) is 35.9 Å². The second-order valence-corrected chi connectivity index (χ2v) is 7.76. The molecule has 33 heavy (non-hydrogen) atoms.